The van der Waals surface area contributed by atoms with Gasteiger partial charge in [-0.05, 0) is 55.0 Å². The van der Waals surface area contributed by atoms with Gasteiger partial charge in [0, 0.05) is 12.7 Å². The molecule has 2 aromatic carbocycles. The molecule has 1 N–H and O–H groups in total. The van der Waals surface area contributed by atoms with Crippen molar-refractivity contribution in [2.24, 2.45) is 0 Å². The molecule has 9 heteroatoms. The molecule has 0 saturated heterocycles. The molecule has 0 aliphatic rings. The molecule has 0 bridgehead atoms. The van der Waals surface area contributed by atoms with Gasteiger partial charge in [-0.25, -0.2) is 16.8 Å². The molecule has 2 aromatic rings. The van der Waals surface area contributed by atoms with Crippen molar-refractivity contribution < 1.29 is 21.6 Å². The number of benzene rings is 2. The highest BCUT2D eigenvalue weighted by atomic mass is 32.2. The lowest BCUT2D eigenvalue weighted by atomic mass is 10.2. The summed E-state index contributed by atoms with van der Waals surface area (Å²) in [6, 6.07) is 10.8. The lowest BCUT2D eigenvalue weighted by Crippen LogP contribution is -2.27. The molecule has 136 valence electrons. The number of nitrogens with zero attached hydrogens (tertiary/aromatic N) is 1. The van der Waals surface area contributed by atoms with Crippen LogP contribution in [-0.2, 0) is 20.0 Å². The van der Waals surface area contributed by atoms with Gasteiger partial charge in [0.2, 0.25) is 10.0 Å². The fraction of sp³-hybridized carbons (Fsp3) is 0.250. The summed E-state index contributed by atoms with van der Waals surface area (Å²) < 4.78 is 56.7. The van der Waals surface area contributed by atoms with Gasteiger partial charge in [-0.2, -0.15) is 0 Å². The Morgan fingerprint density at radius 2 is 1.60 bits per heavy atom. The zero-order valence-electron chi connectivity index (χ0n) is 14.3. The van der Waals surface area contributed by atoms with Crippen LogP contribution >= 0.6 is 0 Å². The van der Waals surface area contributed by atoms with Gasteiger partial charge in [-0.3, -0.25) is 9.03 Å². The van der Waals surface area contributed by atoms with E-state index in [4.69, 9.17) is 4.74 Å². The molecule has 25 heavy (non-hydrogen) atoms. The van der Waals surface area contributed by atoms with Crippen LogP contribution in [0.2, 0.25) is 0 Å². The molecule has 7 nitrogen and oxygen atoms in total. The molecule has 0 fully saturated rings. The molecule has 0 aliphatic carbocycles. The second-order valence-electron chi connectivity index (χ2n) is 5.53. The normalized spacial score (nSPS) is 11.8. The third-order valence-electron chi connectivity index (χ3n) is 3.55. The first-order valence-electron chi connectivity index (χ1n) is 7.26. The van der Waals surface area contributed by atoms with E-state index in [9.17, 15) is 16.8 Å². The fourth-order valence-electron chi connectivity index (χ4n) is 2.28. The number of hydrogen-bond donors (Lipinski definition) is 1. The van der Waals surface area contributed by atoms with Crippen molar-refractivity contribution in [2.75, 3.05) is 29.4 Å². The third kappa shape index (κ3) is 4.43. The highest BCUT2D eigenvalue weighted by Crippen LogP contribution is 2.27. The molecule has 0 heterocycles. The van der Waals surface area contributed by atoms with Gasteiger partial charge >= 0.3 is 0 Å². The minimum atomic E-state index is -3.76. The van der Waals surface area contributed by atoms with Crippen LogP contribution < -0.4 is 13.8 Å². The van der Waals surface area contributed by atoms with Gasteiger partial charge in [-0.15, -0.1) is 0 Å². The number of methoxy groups -OCH3 is 1. The average molecular weight is 384 g/mol. The second-order valence-corrected chi connectivity index (χ2v) is 9.21. The summed E-state index contributed by atoms with van der Waals surface area (Å²) in [7, 11) is -4.19. The quantitative estimate of drug-likeness (QED) is 0.824. The topological polar surface area (TPSA) is 92.8 Å². The van der Waals surface area contributed by atoms with E-state index in [1.807, 2.05) is 0 Å². The Kier molecular flexibility index (Phi) is 5.28. The lowest BCUT2D eigenvalue weighted by molar-refractivity contribution is 0.414. The highest BCUT2D eigenvalue weighted by Gasteiger charge is 2.23. The van der Waals surface area contributed by atoms with Gasteiger partial charge in [0.15, 0.2) is 0 Å². The number of rotatable bonds is 6. The summed E-state index contributed by atoms with van der Waals surface area (Å²) in [5.41, 5.74) is 1.34. The van der Waals surface area contributed by atoms with E-state index < -0.39 is 20.0 Å². The zero-order chi connectivity index (χ0) is 18.8. The van der Waals surface area contributed by atoms with Crippen molar-refractivity contribution in [3.05, 3.63) is 48.0 Å². The predicted octanol–water partition coefficient (Wildman–Crippen LogP) is 2.20. The molecule has 0 aliphatic heterocycles. The van der Waals surface area contributed by atoms with Crippen LogP contribution in [0.25, 0.3) is 0 Å². The van der Waals surface area contributed by atoms with Crippen LogP contribution in [0.1, 0.15) is 5.56 Å². The molecule has 0 amide bonds. The van der Waals surface area contributed by atoms with Crippen LogP contribution in [0, 0.1) is 6.92 Å². The molecular formula is C16H20N2O5S2. The fourth-order valence-corrected chi connectivity index (χ4v) is 4.24. The molecule has 2 rings (SSSR count). The minimum absolute atomic E-state index is 0.175. The summed E-state index contributed by atoms with van der Waals surface area (Å²) >= 11 is 0. The SMILES string of the molecule is COc1ccc(S(=O)(=O)N(C)c2ccc(NS(C)(=O)=O)cc2)c(C)c1. The Hall–Kier alpha value is -2.26. The van der Waals surface area contributed by atoms with Gasteiger partial charge in [0.25, 0.3) is 10.0 Å². The van der Waals surface area contributed by atoms with E-state index >= 15 is 0 Å². The monoisotopic (exact) mass is 384 g/mol. The van der Waals surface area contributed by atoms with Gasteiger partial charge in [0.05, 0.1) is 23.9 Å². The van der Waals surface area contributed by atoms with E-state index in [-0.39, 0.29) is 4.90 Å². The molecule has 0 atom stereocenters. The van der Waals surface area contributed by atoms with E-state index in [1.165, 1.54) is 44.5 Å². The van der Waals surface area contributed by atoms with Crippen LogP contribution in [0.4, 0.5) is 11.4 Å². The molecule has 0 aromatic heterocycles. The summed E-state index contributed by atoms with van der Waals surface area (Å²) in [4.78, 5) is 0.175. The second kappa shape index (κ2) is 6.93. The largest absolute Gasteiger partial charge is 0.497 e. The maximum Gasteiger partial charge on any atom is 0.264 e. The zero-order valence-corrected chi connectivity index (χ0v) is 16.0. The molecule has 0 unspecified atom stereocenters. The van der Waals surface area contributed by atoms with Gasteiger partial charge in [-0.1, -0.05) is 0 Å². The highest BCUT2D eigenvalue weighted by molar-refractivity contribution is 7.93. The Labute approximate surface area is 148 Å². The molecule has 0 spiro atoms. The van der Waals surface area contributed by atoms with Crippen molar-refractivity contribution in [3.63, 3.8) is 0 Å². The van der Waals surface area contributed by atoms with Gasteiger partial charge < -0.3 is 4.74 Å². The summed E-state index contributed by atoms with van der Waals surface area (Å²) in [6.45, 7) is 1.70. The Balaban J connectivity index is 2.34. The van der Waals surface area contributed by atoms with Crippen molar-refractivity contribution in [1.82, 2.24) is 0 Å². The molecular weight excluding hydrogens is 364 g/mol. The van der Waals surface area contributed by atoms with E-state index in [1.54, 1.807) is 19.1 Å². The number of nitrogens with one attached hydrogen (secondary N) is 1. The Morgan fingerprint density at radius 1 is 1.00 bits per heavy atom. The van der Waals surface area contributed by atoms with Crippen LogP contribution in [-0.4, -0.2) is 37.2 Å². The standard InChI is InChI=1S/C16H20N2O5S2/c1-12-11-15(23-3)9-10-16(12)25(21,22)18(2)14-7-5-13(6-8-14)17-24(4,19)20/h5-11,17H,1-4H3. The minimum Gasteiger partial charge on any atom is -0.497 e. The predicted molar refractivity (Wildman–Crippen MR) is 98.2 cm³/mol. The Bertz CT molecular complexity index is 968. The van der Waals surface area contributed by atoms with Crippen molar-refractivity contribution in [2.45, 2.75) is 11.8 Å². The van der Waals surface area contributed by atoms with Crippen LogP contribution in [0.3, 0.4) is 0 Å². The molecule has 0 saturated carbocycles. The number of hydrogen-bond acceptors (Lipinski definition) is 5. The Morgan fingerprint density at radius 3 is 2.08 bits per heavy atom. The summed E-state index contributed by atoms with van der Waals surface area (Å²) in [5.74, 6) is 0.579. The van der Waals surface area contributed by atoms with Crippen LogP contribution in [0.15, 0.2) is 47.4 Å². The number of aryl methyl sites for hydroxylation is 1. The van der Waals surface area contributed by atoms with Crippen LogP contribution in [0.5, 0.6) is 5.75 Å². The number of ether oxygens (including phenoxy) is 1. The first-order valence-corrected chi connectivity index (χ1v) is 10.6. The number of anilines is 2. The smallest absolute Gasteiger partial charge is 0.264 e. The molecule has 0 radical (unpaired) electrons. The van der Waals surface area contributed by atoms with Crippen molar-refractivity contribution in [3.8, 4) is 5.75 Å². The first-order chi connectivity index (χ1) is 11.5. The number of sulfonamides is 2. The first kappa shape index (κ1) is 19.1. The third-order valence-corrected chi connectivity index (χ3v) is 6.11. The maximum absolute atomic E-state index is 12.8. The van der Waals surface area contributed by atoms with E-state index in [2.05, 4.69) is 4.72 Å². The van der Waals surface area contributed by atoms with E-state index in [0.29, 0.717) is 22.7 Å². The van der Waals surface area contributed by atoms with E-state index in [0.717, 1.165) is 10.6 Å². The average Bonchev–Trinajstić information content (AvgIpc) is 2.53. The maximum atomic E-state index is 12.8. The lowest BCUT2D eigenvalue weighted by Gasteiger charge is -2.21. The van der Waals surface area contributed by atoms with Gasteiger partial charge in [0.1, 0.15) is 5.75 Å². The summed E-state index contributed by atoms with van der Waals surface area (Å²) in [6.07, 6.45) is 1.05. The van der Waals surface area contributed by atoms with Crippen molar-refractivity contribution in [1.29, 1.82) is 0 Å². The van der Waals surface area contributed by atoms with Crippen molar-refractivity contribution >= 4 is 31.4 Å². The summed E-state index contributed by atoms with van der Waals surface area (Å²) in [5, 5.41) is 0.